The van der Waals surface area contributed by atoms with Crippen LogP contribution in [0.4, 0.5) is 0 Å². The Kier molecular flexibility index (Phi) is 2.63. The molecule has 2 aliphatic heterocycles. The number of nitrogens with zero attached hydrogens (tertiary/aromatic N) is 1. The Morgan fingerprint density at radius 2 is 2.25 bits per heavy atom. The third-order valence-electron chi connectivity index (χ3n) is 3.10. The van der Waals surface area contributed by atoms with Gasteiger partial charge in [-0.3, -0.25) is 0 Å². The van der Waals surface area contributed by atoms with Crippen LogP contribution in [-0.4, -0.2) is 37.2 Å². The summed E-state index contributed by atoms with van der Waals surface area (Å²) < 4.78 is 0. The summed E-state index contributed by atoms with van der Waals surface area (Å²) in [5, 5.41) is 0. The normalized spacial score (nSPS) is 36.8. The lowest BCUT2D eigenvalue weighted by atomic mass is 9.98. The van der Waals surface area contributed by atoms with Crippen molar-refractivity contribution < 1.29 is 4.84 Å². The molecule has 3 nitrogen and oxygen atoms in total. The molecule has 0 bridgehead atoms. The van der Waals surface area contributed by atoms with Crippen LogP contribution in [0.2, 0.25) is 0 Å². The number of nitrogens with one attached hydrogen (secondary N) is 1. The minimum atomic E-state index is 0.592. The van der Waals surface area contributed by atoms with E-state index < -0.39 is 0 Å². The van der Waals surface area contributed by atoms with E-state index in [1.54, 1.807) is 7.11 Å². The number of fused-ring (bicyclic) bond motifs is 1. The van der Waals surface area contributed by atoms with Crippen molar-refractivity contribution >= 4 is 0 Å². The number of rotatable bonds is 2. The number of piperidine rings is 1. The molecule has 2 unspecified atom stereocenters. The fourth-order valence-electron chi connectivity index (χ4n) is 2.50. The molecule has 0 aliphatic carbocycles. The van der Waals surface area contributed by atoms with Gasteiger partial charge in [0.15, 0.2) is 0 Å². The molecule has 2 aliphatic rings. The van der Waals surface area contributed by atoms with Crippen molar-refractivity contribution in [1.29, 1.82) is 0 Å². The van der Waals surface area contributed by atoms with E-state index in [1.807, 2.05) is 0 Å². The third-order valence-corrected chi connectivity index (χ3v) is 3.10. The molecular formula is C9H18N2O. The molecule has 0 aromatic heterocycles. The van der Waals surface area contributed by atoms with Crippen molar-refractivity contribution in [3.63, 3.8) is 0 Å². The minimum absolute atomic E-state index is 0.592. The lowest BCUT2D eigenvalue weighted by molar-refractivity contribution is 0.0280. The smallest absolute Gasteiger partial charge is 0.0572 e. The van der Waals surface area contributed by atoms with Crippen molar-refractivity contribution in [3.8, 4) is 0 Å². The molecule has 2 fully saturated rings. The summed E-state index contributed by atoms with van der Waals surface area (Å²) in [5.74, 6) is 0. The van der Waals surface area contributed by atoms with Gasteiger partial charge in [-0.2, -0.15) is 5.48 Å². The SMILES string of the molecule is CONC1CCN2CCCC2C1. The topological polar surface area (TPSA) is 24.5 Å². The Morgan fingerprint density at radius 3 is 3.08 bits per heavy atom. The molecule has 0 spiro atoms. The Labute approximate surface area is 74.0 Å². The summed E-state index contributed by atoms with van der Waals surface area (Å²) in [7, 11) is 1.71. The van der Waals surface area contributed by atoms with E-state index in [0.717, 1.165) is 6.04 Å². The molecule has 70 valence electrons. The maximum atomic E-state index is 4.96. The van der Waals surface area contributed by atoms with E-state index in [9.17, 15) is 0 Å². The average Bonchev–Trinajstić information content (AvgIpc) is 2.51. The zero-order valence-corrected chi connectivity index (χ0v) is 7.75. The van der Waals surface area contributed by atoms with Gasteiger partial charge in [-0.05, 0) is 38.8 Å². The first-order valence-corrected chi connectivity index (χ1v) is 4.92. The largest absolute Gasteiger partial charge is 0.305 e. The Hall–Kier alpha value is -0.120. The molecular weight excluding hydrogens is 152 g/mol. The Balaban J connectivity index is 1.84. The highest BCUT2D eigenvalue weighted by Crippen LogP contribution is 2.26. The first kappa shape index (κ1) is 8.48. The molecule has 0 amide bonds. The van der Waals surface area contributed by atoms with Crippen LogP contribution in [0.1, 0.15) is 25.7 Å². The monoisotopic (exact) mass is 170 g/mol. The summed E-state index contributed by atoms with van der Waals surface area (Å²) in [6, 6.07) is 1.43. The first-order valence-electron chi connectivity index (χ1n) is 4.92. The van der Waals surface area contributed by atoms with Gasteiger partial charge in [0.1, 0.15) is 0 Å². The van der Waals surface area contributed by atoms with Crippen LogP contribution in [0.15, 0.2) is 0 Å². The Bertz CT molecular complexity index is 151. The maximum Gasteiger partial charge on any atom is 0.0572 e. The van der Waals surface area contributed by atoms with Crippen LogP contribution in [-0.2, 0) is 4.84 Å². The maximum absolute atomic E-state index is 4.96. The number of hydrogen-bond donors (Lipinski definition) is 1. The highest BCUT2D eigenvalue weighted by Gasteiger charge is 2.31. The van der Waals surface area contributed by atoms with Gasteiger partial charge in [-0.1, -0.05) is 0 Å². The zero-order valence-electron chi connectivity index (χ0n) is 7.75. The molecule has 1 N–H and O–H groups in total. The molecule has 0 aromatic carbocycles. The van der Waals surface area contributed by atoms with E-state index in [-0.39, 0.29) is 0 Å². The van der Waals surface area contributed by atoms with Gasteiger partial charge >= 0.3 is 0 Å². The summed E-state index contributed by atoms with van der Waals surface area (Å²) in [6.07, 6.45) is 5.30. The van der Waals surface area contributed by atoms with E-state index in [2.05, 4.69) is 10.4 Å². The molecule has 12 heavy (non-hydrogen) atoms. The molecule has 2 rings (SSSR count). The van der Waals surface area contributed by atoms with Crippen LogP contribution < -0.4 is 5.48 Å². The summed E-state index contributed by atoms with van der Waals surface area (Å²) >= 11 is 0. The lowest BCUT2D eigenvalue weighted by Gasteiger charge is -2.34. The van der Waals surface area contributed by atoms with Gasteiger partial charge in [0.25, 0.3) is 0 Å². The quantitative estimate of drug-likeness (QED) is 0.619. The first-order chi connectivity index (χ1) is 5.90. The van der Waals surface area contributed by atoms with Crippen LogP contribution in [0.3, 0.4) is 0 Å². The molecule has 2 saturated heterocycles. The van der Waals surface area contributed by atoms with Crippen molar-refractivity contribution in [2.45, 2.75) is 37.8 Å². The molecule has 3 heteroatoms. The highest BCUT2D eigenvalue weighted by atomic mass is 16.6. The van der Waals surface area contributed by atoms with Crippen molar-refractivity contribution in [2.24, 2.45) is 0 Å². The second-order valence-electron chi connectivity index (χ2n) is 3.88. The Morgan fingerprint density at radius 1 is 1.33 bits per heavy atom. The van der Waals surface area contributed by atoms with E-state index in [4.69, 9.17) is 4.84 Å². The van der Waals surface area contributed by atoms with Gasteiger partial charge in [0, 0.05) is 12.1 Å². The molecule has 0 aromatic rings. The lowest BCUT2D eigenvalue weighted by Crippen LogP contribution is -2.45. The van der Waals surface area contributed by atoms with Crippen molar-refractivity contribution in [3.05, 3.63) is 0 Å². The van der Waals surface area contributed by atoms with Gasteiger partial charge in [-0.25, -0.2) is 0 Å². The van der Waals surface area contributed by atoms with Gasteiger partial charge in [-0.15, -0.1) is 0 Å². The predicted molar refractivity (Wildman–Crippen MR) is 47.8 cm³/mol. The van der Waals surface area contributed by atoms with Crippen LogP contribution in [0.25, 0.3) is 0 Å². The van der Waals surface area contributed by atoms with Crippen LogP contribution in [0.5, 0.6) is 0 Å². The van der Waals surface area contributed by atoms with E-state index in [0.29, 0.717) is 6.04 Å². The number of hydroxylamine groups is 1. The van der Waals surface area contributed by atoms with Gasteiger partial charge < -0.3 is 9.74 Å². The second kappa shape index (κ2) is 3.73. The average molecular weight is 170 g/mol. The summed E-state index contributed by atoms with van der Waals surface area (Å²) in [6.45, 7) is 2.58. The standard InChI is InChI=1S/C9H18N2O/c1-12-10-8-4-6-11-5-2-3-9(11)7-8/h8-10H,2-7H2,1H3. The minimum Gasteiger partial charge on any atom is -0.305 e. The fraction of sp³-hybridized carbons (Fsp3) is 1.00. The molecule has 0 radical (unpaired) electrons. The fourth-order valence-corrected chi connectivity index (χ4v) is 2.50. The number of hydrogen-bond acceptors (Lipinski definition) is 3. The molecule has 2 atom stereocenters. The molecule has 2 heterocycles. The summed E-state index contributed by atoms with van der Waals surface area (Å²) in [5.41, 5.74) is 3.07. The van der Waals surface area contributed by atoms with Crippen LogP contribution in [0, 0.1) is 0 Å². The van der Waals surface area contributed by atoms with Crippen molar-refractivity contribution in [2.75, 3.05) is 20.2 Å². The second-order valence-corrected chi connectivity index (χ2v) is 3.88. The van der Waals surface area contributed by atoms with Crippen LogP contribution >= 0.6 is 0 Å². The zero-order chi connectivity index (χ0) is 8.39. The highest BCUT2D eigenvalue weighted by molar-refractivity contribution is 4.87. The van der Waals surface area contributed by atoms with Crippen molar-refractivity contribution in [1.82, 2.24) is 10.4 Å². The predicted octanol–water partition coefficient (Wildman–Crippen LogP) is 0.764. The summed E-state index contributed by atoms with van der Waals surface area (Å²) in [4.78, 5) is 7.58. The van der Waals surface area contributed by atoms with E-state index >= 15 is 0 Å². The van der Waals surface area contributed by atoms with E-state index in [1.165, 1.54) is 38.8 Å². The van der Waals surface area contributed by atoms with Gasteiger partial charge in [0.2, 0.25) is 0 Å². The van der Waals surface area contributed by atoms with Gasteiger partial charge in [0.05, 0.1) is 7.11 Å². The third kappa shape index (κ3) is 1.63. The molecule has 0 saturated carbocycles.